The number of nitrogens with zero attached hydrogens (tertiary/aromatic N) is 2. The monoisotopic (exact) mass is 455 g/mol. The van der Waals surface area contributed by atoms with Crippen LogP contribution in [0.3, 0.4) is 0 Å². The predicted octanol–water partition coefficient (Wildman–Crippen LogP) is 4.21. The first kappa shape index (κ1) is 21.5. The van der Waals surface area contributed by atoms with E-state index in [0.29, 0.717) is 11.3 Å². The fourth-order valence-electron chi connectivity index (χ4n) is 5.26. The number of primary amides is 1. The Kier molecular flexibility index (Phi) is 5.02. The van der Waals surface area contributed by atoms with Crippen molar-refractivity contribution in [2.75, 3.05) is 4.90 Å². The van der Waals surface area contributed by atoms with Crippen molar-refractivity contribution in [1.82, 2.24) is 0 Å². The van der Waals surface area contributed by atoms with Gasteiger partial charge in [-0.05, 0) is 53.6 Å². The van der Waals surface area contributed by atoms with Gasteiger partial charge in [-0.2, -0.15) is 5.26 Å². The van der Waals surface area contributed by atoms with Crippen LogP contribution in [0.4, 0.5) is 14.5 Å². The summed E-state index contributed by atoms with van der Waals surface area (Å²) in [6.07, 6.45) is 3.52. The van der Waals surface area contributed by atoms with E-state index in [9.17, 15) is 23.6 Å². The van der Waals surface area contributed by atoms with E-state index in [2.05, 4.69) is 6.07 Å². The lowest BCUT2D eigenvalue weighted by Crippen LogP contribution is -2.49. The molecule has 0 spiro atoms. The Morgan fingerprint density at radius 2 is 1.56 bits per heavy atom. The molecule has 0 aromatic heterocycles. The second-order valence-electron chi connectivity index (χ2n) is 8.46. The van der Waals surface area contributed by atoms with E-state index < -0.39 is 46.7 Å². The third-order valence-corrected chi connectivity index (χ3v) is 6.76. The predicted molar refractivity (Wildman–Crippen MR) is 123 cm³/mol. The van der Waals surface area contributed by atoms with Gasteiger partial charge in [0.25, 0.3) is 0 Å². The summed E-state index contributed by atoms with van der Waals surface area (Å²) in [5.74, 6) is -3.27. The summed E-state index contributed by atoms with van der Waals surface area (Å²) >= 11 is 0. The number of benzene rings is 3. The highest BCUT2D eigenvalue weighted by molar-refractivity contribution is 6.06. The molecule has 4 atom stereocenters. The highest BCUT2D eigenvalue weighted by Gasteiger charge is 2.65. The number of rotatable bonds is 4. The summed E-state index contributed by atoms with van der Waals surface area (Å²) in [4.78, 5) is 28.8. The maximum absolute atomic E-state index is 14.0. The number of nitriles is 1. The molecule has 1 amide bonds. The molecular formula is C27H19F2N3O2. The van der Waals surface area contributed by atoms with E-state index in [1.165, 1.54) is 48.5 Å². The minimum absolute atomic E-state index is 0.225. The summed E-state index contributed by atoms with van der Waals surface area (Å²) in [6, 6.07) is 18.1. The zero-order valence-corrected chi connectivity index (χ0v) is 17.9. The van der Waals surface area contributed by atoms with Crippen LogP contribution in [-0.4, -0.2) is 23.8 Å². The van der Waals surface area contributed by atoms with Crippen LogP contribution < -0.4 is 10.6 Å². The van der Waals surface area contributed by atoms with Crippen molar-refractivity contribution in [3.05, 3.63) is 107 Å². The number of anilines is 1. The van der Waals surface area contributed by atoms with Crippen LogP contribution in [0.1, 0.15) is 27.4 Å². The maximum Gasteiger partial charge on any atom is 0.241 e. The Morgan fingerprint density at radius 1 is 0.941 bits per heavy atom. The van der Waals surface area contributed by atoms with Gasteiger partial charge in [-0.3, -0.25) is 9.59 Å². The second-order valence-corrected chi connectivity index (χ2v) is 8.46. The first-order valence-electron chi connectivity index (χ1n) is 10.7. The van der Waals surface area contributed by atoms with Gasteiger partial charge in [0, 0.05) is 17.2 Å². The SMILES string of the molecule is N#C[C@]1(C(N)=O)[C@H](c2ccc(F)cc2)[C@H](C(=O)c2ccc(F)cc2)N2c3ccccc3C=C[C@H]21. The van der Waals surface area contributed by atoms with Gasteiger partial charge in [0.05, 0.1) is 12.1 Å². The second kappa shape index (κ2) is 7.92. The zero-order valence-electron chi connectivity index (χ0n) is 17.9. The molecular weight excluding hydrogens is 436 g/mol. The first-order chi connectivity index (χ1) is 16.4. The van der Waals surface area contributed by atoms with Crippen LogP contribution in [0, 0.1) is 28.4 Å². The smallest absolute Gasteiger partial charge is 0.241 e. The van der Waals surface area contributed by atoms with E-state index in [0.717, 1.165) is 5.56 Å². The molecule has 5 nitrogen and oxygen atoms in total. The molecule has 3 aromatic rings. The number of carbonyl (C=O) groups is 2. The Morgan fingerprint density at radius 3 is 2.18 bits per heavy atom. The number of amides is 1. The van der Waals surface area contributed by atoms with Gasteiger partial charge in [-0.25, -0.2) is 8.78 Å². The molecule has 34 heavy (non-hydrogen) atoms. The average molecular weight is 455 g/mol. The number of halogens is 2. The topological polar surface area (TPSA) is 87.2 Å². The van der Waals surface area contributed by atoms with Crippen molar-refractivity contribution >= 4 is 23.5 Å². The lowest BCUT2D eigenvalue weighted by Gasteiger charge is -2.36. The number of ketones is 1. The quantitative estimate of drug-likeness (QED) is 0.597. The summed E-state index contributed by atoms with van der Waals surface area (Å²) in [7, 11) is 0. The van der Waals surface area contributed by atoms with Crippen molar-refractivity contribution < 1.29 is 18.4 Å². The number of carbonyl (C=O) groups excluding carboxylic acids is 2. The molecule has 7 heteroatoms. The molecule has 3 aromatic carbocycles. The van der Waals surface area contributed by atoms with Crippen LogP contribution in [0.25, 0.3) is 6.08 Å². The minimum Gasteiger partial charge on any atom is -0.368 e. The Hall–Kier alpha value is -4.31. The molecule has 0 saturated carbocycles. The molecule has 2 heterocycles. The molecule has 168 valence electrons. The van der Waals surface area contributed by atoms with E-state index in [4.69, 9.17) is 5.73 Å². The minimum atomic E-state index is -1.82. The van der Waals surface area contributed by atoms with E-state index >= 15 is 0 Å². The van der Waals surface area contributed by atoms with Crippen LogP contribution in [-0.2, 0) is 4.79 Å². The molecule has 2 aliphatic heterocycles. The lowest BCUT2D eigenvalue weighted by atomic mass is 9.67. The van der Waals surface area contributed by atoms with E-state index in [-0.39, 0.29) is 5.56 Å². The highest BCUT2D eigenvalue weighted by atomic mass is 19.1. The summed E-state index contributed by atoms with van der Waals surface area (Å²) in [6.45, 7) is 0. The molecule has 0 radical (unpaired) electrons. The number of hydrogen-bond acceptors (Lipinski definition) is 4. The summed E-state index contributed by atoms with van der Waals surface area (Å²) < 4.78 is 27.4. The van der Waals surface area contributed by atoms with Gasteiger partial charge in [0.15, 0.2) is 11.2 Å². The van der Waals surface area contributed by atoms with Gasteiger partial charge in [0.1, 0.15) is 17.7 Å². The molecule has 0 bridgehead atoms. The number of Topliss-reactive ketones (excluding diaryl/α,β-unsaturated/α-hetero) is 1. The highest BCUT2D eigenvalue weighted by Crippen LogP contribution is 2.55. The Bertz CT molecular complexity index is 1360. The van der Waals surface area contributed by atoms with Crippen molar-refractivity contribution in [1.29, 1.82) is 5.26 Å². The number of para-hydroxylation sites is 1. The number of fused-ring (bicyclic) bond motifs is 3. The largest absolute Gasteiger partial charge is 0.368 e. The first-order valence-corrected chi connectivity index (χ1v) is 10.7. The average Bonchev–Trinajstić information content (AvgIpc) is 3.16. The van der Waals surface area contributed by atoms with Gasteiger partial charge >= 0.3 is 0 Å². The van der Waals surface area contributed by atoms with Crippen LogP contribution in [0.2, 0.25) is 0 Å². The molecule has 1 saturated heterocycles. The lowest BCUT2D eigenvalue weighted by molar-refractivity contribution is -0.125. The van der Waals surface area contributed by atoms with Crippen LogP contribution >= 0.6 is 0 Å². The molecule has 2 N–H and O–H groups in total. The van der Waals surface area contributed by atoms with Gasteiger partial charge in [0.2, 0.25) is 5.91 Å². The number of hydrogen-bond donors (Lipinski definition) is 1. The standard InChI is InChI=1S/C27H19F2N3O2/c28-19-10-5-17(6-11-19)23-24(25(33)18-7-12-20(29)13-8-18)32-21-4-2-1-3-16(21)9-14-22(32)27(23,15-30)26(31)34/h1-14,22-24H,(H2,31,34)/t22-,23+,24+,27+/m0/s1. The van der Waals surface area contributed by atoms with Crippen molar-refractivity contribution in [2.45, 2.75) is 18.0 Å². The molecule has 0 unspecified atom stereocenters. The Labute approximate surface area is 194 Å². The normalized spacial score (nSPS) is 24.7. The van der Waals surface area contributed by atoms with E-state index in [1.54, 1.807) is 23.1 Å². The molecule has 0 aliphatic carbocycles. The van der Waals surface area contributed by atoms with Gasteiger partial charge in [-0.1, -0.05) is 42.5 Å². The van der Waals surface area contributed by atoms with Crippen LogP contribution in [0.15, 0.2) is 78.9 Å². The Balaban J connectivity index is 1.80. The van der Waals surface area contributed by atoms with Gasteiger partial charge < -0.3 is 10.6 Å². The van der Waals surface area contributed by atoms with Crippen LogP contribution in [0.5, 0.6) is 0 Å². The fraction of sp³-hybridized carbons (Fsp3) is 0.148. The zero-order chi connectivity index (χ0) is 24.0. The van der Waals surface area contributed by atoms with Crippen molar-refractivity contribution in [3.8, 4) is 6.07 Å². The van der Waals surface area contributed by atoms with E-state index in [1.807, 2.05) is 18.2 Å². The maximum atomic E-state index is 14.0. The van der Waals surface area contributed by atoms with Crippen molar-refractivity contribution in [2.24, 2.45) is 11.1 Å². The third kappa shape index (κ3) is 3.03. The van der Waals surface area contributed by atoms with Crippen molar-refractivity contribution in [3.63, 3.8) is 0 Å². The molecule has 1 fully saturated rings. The van der Waals surface area contributed by atoms with Gasteiger partial charge in [-0.15, -0.1) is 0 Å². The molecule has 2 aliphatic rings. The summed E-state index contributed by atoms with van der Waals surface area (Å²) in [5, 5.41) is 10.4. The summed E-state index contributed by atoms with van der Waals surface area (Å²) in [5.41, 5.74) is 6.21. The molecule has 5 rings (SSSR count). The fourth-order valence-corrected chi connectivity index (χ4v) is 5.26. The number of nitrogens with two attached hydrogens (primary N) is 1. The third-order valence-electron chi connectivity index (χ3n) is 6.76.